The molecule has 232 valence electrons. The highest BCUT2D eigenvalue weighted by Gasteiger charge is 2.69. The summed E-state index contributed by atoms with van der Waals surface area (Å²) in [5, 5.41) is 7.50. The van der Waals surface area contributed by atoms with Crippen LogP contribution < -0.4 is 16.0 Å². The van der Waals surface area contributed by atoms with E-state index in [-0.39, 0.29) is 41.1 Å². The summed E-state index contributed by atoms with van der Waals surface area (Å²) in [7, 11) is 0. The summed E-state index contributed by atoms with van der Waals surface area (Å²) in [6.07, 6.45) is -4.67. The maximum atomic E-state index is 14.0. The molecule has 3 aliphatic rings. The number of nitrogens with zero attached hydrogens (tertiary/aromatic N) is 2. The lowest BCUT2D eigenvalue weighted by Gasteiger charge is -2.35. The van der Waals surface area contributed by atoms with Crippen molar-refractivity contribution in [3.05, 3.63) is 29.3 Å². The first-order chi connectivity index (χ1) is 20.1. The van der Waals surface area contributed by atoms with Crippen LogP contribution in [0.5, 0.6) is 0 Å². The largest absolute Gasteiger partial charge is 0.471 e. The highest BCUT2D eigenvalue weighted by atomic mass is 32.1. The fourth-order valence-electron chi connectivity index (χ4n) is 6.50. The number of ketones is 1. The average Bonchev–Trinajstić information content (AvgIpc) is 3.45. The van der Waals surface area contributed by atoms with E-state index >= 15 is 0 Å². The van der Waals surface area contributed by atoms with Crippen LogP contribution in [0.25, 0.3) is 10.2 Å². The number of benzene rings is 1. The van der Waals surface area contributed by atoms with Crippen LogP contribution in [0.1, 0.15) is 50.3 Å². The number of likely N-dealkylation sites (tertiary alicyclic amines) is 1. The lowest BCUT2D eigenvalue weighted by molar-refractivity contribution is -0.175. The molecule has 2 saturated heterocycles. The first-order valence-corrected chi connectivity index (χ1v) is 15.1. The molecule has 43 heavy (non-hydrogen) atoms. The average molecular weight is 622 g/mol. The van der Waals surface area contributed by atoms with Gasteiger partial charge in [-0.1, -0.05) is 39.8 Å². The molecule has 6 atom stereocenters. The predicted octanol–water partition coefficient (Wildman–Crippen LogP) is 2.68. The summed E-state index contributed by atoms with van der Waals surface area (Å²) in [5.74, 6) is -5.94. The van der Waals surface area contributed by atoms with Gasteiger partial charge in [-0.15, -0.1) is 11.3 Å². The number of nitrogens with one attached hydrogen (secondary N) is 3. The minimum Gasteiger partial charge on any atom is -0.356 e. The number of aromatic nitrogens is 1. The molecule has 0 radical (unpaired) electrons. The van der Waals surface area contributed by atoms with Gasteiger partial charge in [0.2, 0.25) is 23.5 Å². The van der Waals surface area contributed by atoms with Crippen molar-refractivity contribution in [3.8, 4) is 0 Å². The van der Waals surface area contributed by atoms with Gasteiger partial charge in [0, 0.05) is 19.0 Å². The summed E-state index contributed by atoms with van der Waals surface area (Å²) >= 11 is 1.17. The van der Waals surface area contributed by atoms with Crippen LogP contribution in [0.2, 0.25) is 0 Å². The van der Waals surface area contributed by atoms with Gasteiger partial charge in [0.15, 0.2) is 5.01 Å². The van der Waals surface area contributed by atoms with Crippen molar-refractivity contribution in [2.75, 3.05) is 13.1 Å². The van der Waals surface area contributed by atoms with E-state index in [1.54, 1.807) is 17.4 Å². The number of amides is 4. The number of para-hydroxylation sites is 1. The normalized spacial score (nSPS) is 25.7. The molecule has 5 rings (SSSR count). The van der Waals surface area contributed by atoms with Crippen molar-refractivity contribution in [1.29, 1.82) is 0 Å². The number of piperidine rings is 1. The molecule has 2 aromatic rings. The standard InChI is InChI=1S/C29H34F3N5O5S/c1-13(2)20(36-27(42)29(30,31)32)26(41)37-12-15-19(28(15,3)4)21(37)24(40)34-17(11-14-9-10-33-23(14)39)22(38)25-35-16-7-5-6-8-18(16)43-25/h5-8,13-15,17,19-21H,9-12H2,1-4H3,(H,33,39)(H,34,40)(H,36,42)/t14?,15-,17?,19-,20-,21-/m0/s1. The molecule has 2 aliphatic heterocycles. The van der Waals surface area contributed by atoms with E-state index in [4.69, 9.17) is 0 Å². The molecule has 3 N–H and O–H groups in total. The first kappa shape index (κ1) is 30.9. The molecule has 4 amide bonds. The third-order valence-electron chi connectivity index (χ3n) is 9.06. The van der Waals surface area contributed by atoms with Gasteiger partial charge in [0.25, 0.3) is 0 Å². The zero-order valence-corrected chi connectivity index (χ0v) is 25.0. The van der Waals surface area contributed by atoms with Gasteiger partial charge in [-0.2, -0.15) is 13.2 Å². The molecule has 3 fully saturated rings. The fourth-order valence-corrected chi connectivity index (χ4v) is 7.46. The van der Waals surface area contributed by atoms with Crippen molar-refractivity contribution in [2.45, 2.75) is 64.8 Å². The van der Waals surface area contributed by atoms with Gasteiger partial charge < -0.3 is 20.9 Å². The minimum absolute atomic E-state index is 0.0285. The lowest BCUT2D eigenvalue weighted by Crippen LogP contribution is -2.59. The van der Waals surface area contributed by atoms with Crippen molar-refractivity contribution in [3.63, 3.8) is 0 Å². The number of carbonyl (C=O) groups excluding carboxylic acids is 5. The van der Waals surface area contributed by atoms with E-state index in [1.165, 1.54) is 30.1 Å². The van der Waals surface area contributed by atoms with Gasteiger partial charge in [0.1, 0.15) is 12.1 Å². The zero-order valence-electron chi connectivity index (χ0n) is 24.2. The second-order valence-electron chi connectivity index (χ2n) is 12.5. The Morgan fingerprint density at radius 2 is 1.86 bits per heavy atom. The number of Topliss-reactive ketones (excluding diaryl/α,β-unsaturated/α-hetero) is 1. The first-order valence-electron chi connectivity index (χ1n) is 14.3. The molecule has 0 spiro atoms. The molecule has 2 unspecified atom stereocenters. The number of alkyl halides is 3. The number of thiazole rings is 1. The maximum Gasteiger partial charge on any atom is 0.471 e. The molecule has 1 aromatic carbocycles. The number of carbonyl (C=O) groups is 5. The van der Waals surface area contributed by atoms with Crippen LogP contribution >= 0.6 is 11.3 Å². The van der Waals surface area contributed by atoms with Crippen LogP contribution in [-0.4, -0.2) is 76.7 Å². The number of fused-ring (bicyclic) bond motifs is 2. The topological polar surface area (TPSA) is 138 Å². The number of halogens is 3. The van der Waals surface area contributed by atoms with E-state index in [2.05, 4.69) is 15.6 Å². The Balaban J connectivity index is 1.41. The fraction of sp³-hybridized carbons (Fsp3) is 0.586. The Bertz CT molecular complexity index is 1440. The van der Waals surface area contributed by atoms with Gasteiger partial charge >= 0.3 is 12.1 Å². The second kappa shape index (κ2) is 11.2. The van der Waals surface area contributed by atoms with Gasteiger partial charge in [-0.3, -0.25) is 24.0 Å². The molecule has 1 saturated carbocycles. The van der Waals surface area contributed by atoms with Crippen molar-refractivity contribution < 1.29 is 37.1 Å². The second-order valence-corrected chi connectivity index (χ2v) is 13.5. The van der Waals surface area contributed by atoms with Gasteiger partial charge in [-0.05, 0) is 48.1 Å². The van der Waals surface area contributed by atoms with Crippen LogP contribution in [0.3, 0.4) is 0 Å². The molecule has 3 heterocycles. The highest BCUT2D eigenvalue weighted by molar-refractivity contribution is 7.20. The zero-order chi connectivity index (χ0) is 31.4. The van der Waals surface area contributed by atoms with Gasteiger partial charge in [0.05, 0.1) is 16.3 Å². The highest BCUT2D eigenvalue weighted by Crippen LogP contribution is 2.65. The molecular formula is C29H34F3N5O5S. The van der Waals surface area contributed by atoms with Gasteiger partial charge in [-0.25, -0.2) is 4.98 Å². The van der Waals surface area contributed by atoms with E-state index in [0.717, 1.165) is 4.70 Å². The summed E-state index contributed by atoms with van der Waals surface area (Å²) in [6, 6.07) is 3.50. The summed E-state index contributed by atoms with van der Waals surface area (Å²) in [4.78, 5) is 71.2. The molecule has 1 aliphatic carbocycles. The minimum atomic E-state index is -5.18. The van der Waals surface area contributed by atoms with Crippen molar-refractivity contribution in [1.82, 2.24) is 25.8 Å². The Labute approximate surface area is 250 Å². The Hall–Kier alpha value is -3.55. The Morgan fingerprint density at radius 1 is 1.16 bits per heavy atom. The smallest absolute Gasteiger partial charge is 0.356 e. The lowest BCUT2D eigenvalue weighted by atomic mass is 9.94. The quantitative estimate of drug-likeness (QED) is 0.369. The maximum absolute atomic E-state index is 14.0. The van der Waals surface area contributed by atoms with Crippen molar-refractivity contribution in [2.24, 2.45) is 29.1 Å². The van der Waals surface area contributed by atoms with E-state index in [9.17, 15) is 37.1 Å². The molecule has 14 heteroatoms. The summed E-state index contributed by atoms with van der Waals surface area (Å²) < 4.78 is 39.9. The molecule has 0 bridgehead atoms. The predicted molar refractivity (Wildman–Crippen MR) is 151 cm³/mol. The Morgan fingerprint density at radius 3 is 2.47 bits per heavy atom. The van der Waals surface area contributed by atoms with Crippen molar-refractivity contribution >= 4 is 51.0 Å². The van der Waals surface area contributed by atoms with E-state index in [0.29, 0.717) is 18.5 Å². The molecule has 10 nitrogen and oxygen atoms in total. The number of hydrogen-bond acceptors (Lipinski definition) is 7. The number of rotatable bonds is 9. The van der Waals surface area contributed by atoms with E-state index < -0.39 is 59.6 Å². The van der Waals surface area contributed by atoms with Crippen LogP contribution in [0.4, 0.5) is 13.2 Å². The SMILES string of the molecule is CC(C)[C@H](NC(=O)C(F)(F)F)C(=O)N1C[C@H]2[C@@H]([C@H]1C(=O)NC(CC1CCNC1=O)C(=O)c1nc3ccccc3s1)C2(C)C. The van der Waals surface area contributed by atoms with Crippen LogP contribution in [-0.2, 0) is 19.2 Å². The van der Waals surface area contributed by atoms with E-state index in [1.807, 2.05) is 26.0 Å². The third kappa shape index (κ3) is 5.85. The monoisotopic (exact) mass is 621 g/mol. The van der Waals surface area contributed by atoms with Crippen LogP contribution in [0, 0.1) is 29.1 Å². The van der Waals surface area contributed by atoms with Crippen LogP contribution in [0.15, 0.2) is 24.3 Å². The molecule has 1 aromatic heterocycles. The summed E-state index contributed by atoms with van der Waals surface area (Å²) in [5.41, 5.74) is 0.300. The summed E-state index contributed by atoms with van der Waals surface area (Å²) in [6.45, 7) is 7.48. The number of hydrogen-bond donors (Lipinski definition) is 3. The Kier molecular flexibility index (Phi) is 8.03. The third-order valence-corrected chi connectivity index (χ3v) is 10.1. The molecular weight excluding hydrogens is 587 g/mol.